The first-order valence-corrected chi connectivity index (χ1v) is 8.91. The summed E-state index contributed by atoms with van der Waals surface area (Å²) in [4.78, 5) is 20.9. The van der Waals surface area contributed by atoms with Crippen molar-refractivity contribution in [1.29, 1.82) is 0 Å². The van der Waals surface area contributed by atoms with Crippen LogP contribution >= 0.6 is 38.6 Å². The SMILES string of the molecule is Cc1csc2nc(CN(C)Cc3ccc(Br)s3)cc(=O)n12. The van der Waals surface area contributed by atoms with Crippen molar-refractivity contribution in [3.63, 3.8) is 0 Å². The van der Waals surface area contributed by atoms with Gasteiger partial charge in [-0.15, -0.1) is 22.7 Å². The summed E-state index contributed by atoms with van der Waals surface area (Å²) in [5, 5.41) is 1.96. The maximum Gasteiger partial charge on any atom is 0.259 e. The smallest absolute Gasteiger partial charge is 0.259 e. The van der Waals surface area contributed by atoms with Crippen molar-refractivity contribution in [2.75, 3.05) is 7.05 Å². The molecule has 0 spiro atoms. The van der Waals surface area contributed by atoms with Gasteiger partial charge in [0, 0.05) is 35.1 Å². The number of hydrogen-bond acceptors (Lipinski definition) is 5. The lowest BCUT2D eigenvalue weighted by Gasteiger charge is -2.14. The number of aryl methyl sites for hydroxylation is 1. The second-order valence-corrected chi connectivity index (χ2v) is 8.34. The van der Waals surface area contributed by atoms with Crippen LogP contribution in [0.1, 0.15) is 16.3 Å². The van der Waals surface area contributed by atoms with Crippen molar-refractivity contribution in [3.8, 4) is 0 Å². The number of thiazole rings is 1. The molecule has 0 N–H and O–H groups in total. The molecule has 3 rings (SSSR count). The highest BCUT2D eigenvalue weighted by Crippen LogP contribution is 2.23. The zero-order valence-corrected chi connectivity index (χ0v) is 14.9. The van der Waals surface area contributed by atoms with Crippen molar-refractivity contribution in [1.82, 2.24) is 14.3 Å². The highest BCUT2D eigenvalue weighted by Gasteiger charge is 2.09. The van der Waals surface area contributed by atoms with Crippen LogP contribution in [0.5, 0.6) is 0 Å². The van der Waals surface area contributed by atoms with E-state index in [-0.39, 0.29) is 5.56 Å². The lowest BCUT2D eigenvalue weighted by molar-refractivity contribution is 0.318. The number of thiophene rings is 1. The Kier molecular flexibility index (Phi) is 4.26. The molecule has 0 saturated heterocycles. The van der Waals surface area contributed by atoms with Crippen molar-refractivity contribution >= 4 is 43.6 Å². The van der Waals surface area contributed by atoms with E-state index in [2.05, 4.69) is 37.9 Å². The van der Waals surface area contributed by atoms with Gasteiger partial charge in [0.15, 0.2) is 4.96 Å². The number of hydrogen-bond donors (Lipinski definition) is 0. The van der Waals surface area contributed by atoms with E-state index in [0.29, 0.717) is 6.54 Å². The molecule has 110 valence electrons. The second-order valence-electron chi connectivity index (χ2n) is 4.96. The zero-order chi connectivity index (χ0) is 15.0. The number of fused-ring (bicyclic) bond motifs is 1. The summed E-state index contributed by atoms with van der Waals surface area (Å²) in [6.45, 7) is 3.44. The van der Waals surface area contributed by atoms with Crippen LogP contribution in [-0.4, -0.2) is 21.3 Å². The summed E-state index contributed by atoms with van der Waals surface area (Å²) in [5.41, 5.74) is 1.76. The molecule has 0 aliphatic heterocycles. The molecular weight excluding hydrogens is 370 g/mol. The first kappa shape index (κ1) is 14.9. The average Bonchev–Trinajstić information content (AvgIpc) is 2.96. The fourth-order valence-electron chi connectivity index (χ4n) is 2.22. The van der Waals surface area contributed by atoms with Gasteiger partial charge in [-0.25, -0.2) is 4.98 Å². The average molecular weight is 384 g/mol. The molecule has 0 aromatic carbocycles. The van der Waals surface area contributed by atoms with Crippen LogP contribution < -0.4 is 5.56 Å². The van der Waals surface area contributed by atoms with Crippen LogP contribution in [0, 0.1) is 6.92 Å². The van der Waals surface area contributed by atoms with E-state index in [1.807, 2.05) is 19.4 Å². The first-order chi connectivity index (χ1) is 10.0. The van der Waals surface area contributed by atoms with E-state index in [1.54, 1.807) is 21.8 Å². The number of aromatic nitrogens is 2. The minimum absolute atomic E-state index is 0.000943. The Labute approximate surface area is 138 Å². The van der Waals surface area contributed by atoms with E-state index >= 15 is 0 Å². The third-order valence-electron chi connectivity index (χ3n) is 3.12. The van der Waals surface area contributed by atoms with Gasteiger partial charge in [-0.05, 0) is 42.0 Å². The summed E-state index contributed by atoms with van der Waals surface area (Å²) in [6, 6.07) is 5.80. The molecule has 21 heavy (non-hydrogen) atoms. The Morgan fingerprint density at radius 1 is 1.38 bits per heavy atom. The number of halogens is 1. The predicted molar refractivity (Wildman–Crippen MR) is 91.3 cm³/mol. The molecule has 0 atom stereocenters. The maximum absolute atomic E-state index is 12.1. The number of rotatable bonds is 4. The van der Waals surface area contributed by atoms with E-state index in [1.165, 1.54) is 16.2 Å². The molecule has 0 saturated carbocycles. The minimum Gasteiger partial charge on any atom is -0.295 e. The summed E-state index contributed by atoms with van der Waals surface area (Å²) in [5.74, 6) is 0. The molecule has 0 aliphatic rings. The molecule has 0 radical (unpaired) electrons. The van der Waals surface area contributed by atoms with Crippen LogP contribution in [0.25, 0.3) is 4.96 Å². The quantitative estimate of drug-likeness (QED) is 0.691. The minimum atomic E-state index is 0.000943. The van der Waals surface area contributed by atoms with Gasteiger partial charge in [0.05, 0.1) is 9.48 Å². The van der Waals surface area contributed by atoms with Crippen molar-refractivity contribution in [3.05, 3.63) is 54.0 Å². The standard InChI is InChI=1S/C14H14BrN3OS2/c1-9-8-20-14-16-10(5-13(19)18(9)14)6-17(2)7-11-3-4-12(15)21-11/h3-5,8H,6-7H2,1-2H3. The summed E-state index contributed by atoms with van der Waals surface area (Å²) >= 11 is 6.71. The van der Waals surface area contributed by atoms with Gasteiger partial charge in [-0.1, -0.05) is 0 Å². The molecule has 0 amide bonds. The van der Waals surface area contributed by atoms with Gasteiger partial charge in [0.25, 0.3) is 5.56 Å². The van der Waals surface area contributed by atoms with Crippen LogP contribution in [0.2, 0.25) is 0 Å². The third-order valence-corrected chi connectivity index (χ3v) is 5.67. The van der Waals surface area contributed by atoms with Crippen molar-refractivity contribution in [2.24, 2.45) is 0 Å². The molecule has 3 heterocycles. The van der Waals surface area contributed by atoms with E-state index in [9.17, 15) is 4.79 Å². The third kappa shape index (κ3) is 3.26. The lowest BCUT2D eigenvalue weighted by atomic mass is 10.3. The van der Waals surface area contributed by atoms with Gasteiger partial charge in [-0.3, -0.25) is 14.1 Å². The van der Waals surface area contributed by atoms with Crippen LogP contribution in [0.3, 0.4) is 0 Å². The Morgan fingerprint density at radius 3 is 2.90 bits per heavy atom. The topological polar surface area (TPSA) is 37.6 Å². The molecule has 0 unspecified atom stereocenters. The van der Waals surface area contributed by atoms with Gasteiger partial charge in [0.2, 0.25) is 0 Å². The van der Waals surface area contributed by atoms with Gasteiger partial charge in [-0.2, -0.15) is 0 Å². The van der Waals surface area contributed by atoms with E-state index < -0.39 is 0 Å². The van der Waals surface area contributed by atoms with Gasteiger partial charge in [0.1, 0.15) is 0 Å². The summed E-state index contributed by atoms with van der Waals surface area (Å²) < 4.78 is 2.79. The lowest BCUT2D eigenvalue weighted by Crippen LogP contribution is -2.21. The molecule has 0 bridgehead atoms. The van der Waals surface area contributed by atoms with Gasteiger partial charge >= 0.3 is 0 Å². The molecule has 3 aromatic heterocycles. The summed E-state index contributed by atoms with van der Waals surface area (Å²) in [6.07, 6.45) is 0. The Morgan fingerprint density at radius 2 is 2.19 bits per heavy atom. The molecule has 0 aliphatic carbocycles. The van der Waals surface area contributed by atoms with Crippen molar-refractivity contribution in [2.45, 2.75) is 20.0 Å². The van der Waals surface area contributed by atoms with Gasteiger partial charge < -0.3 is 0 Å². The van der Waals surface area contributed by atoms with E-state index in [0.717, 1.165) is 26.7 Å². The molecule has 3 aromatic rings. The van der Waals surface area contributed by atoms with E-state index in [4.69, 9.17) is 0 Å². The first-order valence-electron chi connectivity index (χ1n) is 6.42. The fraction of sp³-hybridized carbons (Fsp3) is 0.286. The Balaban J connectivity index is 1.79. The largest absolute Gasteiger partial charge is 0.295 e. The maximum atomic E-state index is 12.1. The van der Waals surface area contributed by atoms with Crippen LogP contribution in [0.15, 0.2) is 32.2 Å². The highest BCUT2D eigenvalue weighted by molar-refractivity contribution is 9.11. The highest BCUT2D eigenvalue weighted by atomic mass is 79.9. The van der Waals surface area contributed by atoms with Crippen LogP contribution in [-0.2, 0) is 13.1 Å². The van der Waals surface area contributed by atoms with Crippen molar-refractivity contribution < 1.29 is 0 Å². The fourth-order valence-corrected chi connectivity index (χ4v) is 4.67. The number of nitrogens with zero attached hydrogens (tertiary/aromatic N) is 3. The molecule has 0 fully saturated rings. The predicted octanol–water partition coefficient (Wildman–Crippen LogP) is 3.52. The normalized spacial score (nSPS) is 11.6. The molecule has 7 heteroatoms. The second kappa shape index (κ2) is 6.00. The zero-order valence-electron chi connectivity index (χ0n) is 11.7. The molecule has 4 nitrogen and oxygen atoms in total. The van der Waals surface area contributed by atoms with Crippen LogP contribution in [0.4, 0.5) is 0 Å². The monoisotopic (exact) mass is 383 g/mol. The Bertz CT molecular complexity index is 836. The summed E-state index contributed by atoms with van der Waals surface area (Å²) in [7, 11) is 2.04. The Hall–Kier alpha value is -1.02. The molecular formula is C14H14BrN3OS2.